The van der Waals surface area contributed by atoms with E-state index in [0.29, 0.717) is 0 Å². The van der Waals surface area contributed by atoms with Gasteiger partial charge in [0.15, 0.2) is 0 Å². The molecular weight excluding hydrogens is 267 g/mol. The predicted molar refractivity (Wildman–Crippen MR) is 51.4 cm³/mol. The van der Waals surface area contributed by atoms with E-state index in [4.69, 9.17) is 11.6 Å². The molecule has 0 aliphatic heterocycles. The first-order valence-electron chi connectivity index (χ1n) is 4.56. The number of rotatable bonds is 4. The van der Waals surface area contributed by atoms with E-state index >= 15 is 0 Å². The Bertz CT molecular complexity index is 297. The molecule has 0 aliphatic rings. The highest BCUT2D eigenvalue weighted by molar-refractivity contribution is 6.35. The van der Waals surface area contributed by atoms with Crippen LogP contribution in [0.3, 0.4) is 0 Å². The van der Waals surface area contributed by atoms with Crippen LogP contribution in [0.25, 0.3) is 0 Å². The highest BCUT2D eigenvalue weighted by Crippen LogP contribution is 2.35. The average Bonchev–Trinajstić information content (AvgIpc) is 2.16. The van der Waals surface area contributed by atoms with Gasteiger partial charge in [0.1, 0.15) is 0 Å². The molecule has 0 bridgehead atoms. The van der Waals surface area contributed by atoms with Gasteiger partial charge in [-0.2, -0.15) is 13.2 Å². The molecule has 0 aliphatic carbocycles. The normalized spacial score (nSPS) is 14.7. The number of amides is 1. The van der Waals surface area contributed by atoms with Gasteiger partial charge < -0.3 is 9.47 Å². The zero-order chi connectivity index (χ0) is 13.7. The van der Waals surface area contributed by atoms with E-state index in [2.05, 4.69) is 9.47 Å². The fraction of sp³-hybridized carbons (Fsp3) is 0.750. The number of nitrogens with one attached hydrogen (secondary N) is 1. The molecule has 0 aromatic rings. The minimum absolute atomic E-state index is 0.167. The summed E-state index contributed by atoms with van der Waals surface area (Å²) in [6.45, 7) is 2.21. The number of carbonyl (C=O) groups is 2. The summed E-state index contributed by atoms with van der Waals surface area (Å²) >= 11 is 5.06. The van der Waals surface area contributed by atoms with Crippen LogP contribution in [-0.4, -0.2) is 36.5 Å². The maximum atomic E-state index is 12.6. The van der Waals surface area contributed by atoms with Crippen molar-refractivity contribution in [2.24, 2.45) is 0 Å². The van der Waals surface area contributed by atoms with Crippen LogP contribution in [0.4, 0.5) is 18.0 Å². The van der Waals surface area contributed by atoms with Crippen molar-refractivity contribution in [3.8, 4) is 0 Å². The van der Waals surface area contributed by atoms with Crippen molar-refractivity contribution in [2.45, 2.75) is 25.0 Å². The summed E-state index contributed by atoms with van der Waals surface area (Å²) in [5.41, 5.74) is 0. The molecule has 5 nitrogen and oxygen atoms in total. The number of esters is 1. The van der Waals surface area contributed by atoms with Gasteiger partial charge >= 0.3 is 23.2 Å². The van der Waals surface area contributed by atoms with Crippen molar-refractivity contribution < 1.29 is 32.2 Å². The molecule has 0 saturated carbocycles. The van der Waals surface area contributed by atoms with Crippen LogP contribution >= 0.6 is 11.6 Å². The number of halogens is 4. The third kappa shape index (κ3) is 3.95. The zero-order valence-corrected chi connectivity index (χ0v) is 9.81. The Balaban J connectivity index is 4.99. The molecule has 0 rings (SSSR count). The number of carbonyl (C=O) groups excluding carboxylic acids is 2. The molecule has 1 atom stereocenters. The maximum Gasteiger partial charge on any atom is 0.437 e. The van der Waals surface area contributed by atoms with Gasteiger partial charge in [-0.1, -0.05) is 11.6 Å². The Morgan fingerprint density at radius 1 is 1.18 bits per heavy atom. The van der Waals surface area contributed by atoms with Crippen LogP contribution in [0.1, 0.15) is 13.8 Å². The van der Waals surface area contributed by atoms with Gasteiger partial charge in [-0.05, 0) is 13.8 Å². The average molecular weight is 278 g/mol. The summed E-state index contributed by atoms with van der Waals surface area (Å²) < 4.78 is 46.1. The Kier molecular flexibility index (Phi) is 5.53. The summed E-state index contributed by atoms with van der Waals surface area (Å²) in [5, 5.41) is 1.22. The molecular formula is C8H11ClF3NO4. The molecule has 0 saturated heterocycles. The summed E-state index contributed by atoms with van der Waals surface area (Å²) in [6, 6.07) is 0. The number of hydrogen-bond acceptors (Lipinski definition) is 4. The lowest BCUT2D eigenvalue weighted by Crippen LogP contribution is -2.60. The quantitative estimate of drug-likeness (QED) is 0.483. The third-order valence-electron chi connectivity index (χ3n) is 1.50. The van der Waals surface area contributed by atoms with Gasteiger partial charge in [-0.15, -0.1) is 0 Å². The number of alkyl halides is 4. The summed E-state index contributed by atoms with van der Waals surface area (Å²) in [5.74, 6) is -1.82. The monoisotopic (exact) mass is 277 g/mol. The molecule has 0 heterocycles. The van der Waals surface area contributed by atoms with E-state index in [1.54, 1.807) is 0 Å². The predicted octanol–water partition coefficient (Wildman–Crippen LogP) is 1.79. The Hall–Kier alpha value is -1.18. The SMILES string of the molecule is CCOC(=O)N[C@@](Cl)(C(=O)OCC)C(F)(F)F. The van der Waals surface area contributed by atoms with E-state index in [9.17, 15) is 22.8 Å². The minimum Gasteiger partial charge on any atom is -0.463 e. The molecule has 9 heteroatoms. The molecule has 0 unspecified atom stereocenters. The lowest BCUT2D eigenvalue weighted by atomic mass is 10.3. The van der Waals surface area contributed by atoms with Crippen molar-refractivity contribution in [3.05, 3.63) is 0 Å². The van der Waals surface area contributed by atoms with Gasteiger partial charge in [0.05, 0.1) is 13.2 Å². The highest BCUT2D eigenvalue weighted by atomic mass is 35.5. The van der Waals surface area contributed by atoms with Crippen LogP contribution < -0.4 is 5.32 Å². The van der Waals surface area contributed by atoms with Gasteiger partial charge in [0.2, 0.25) is 0 Å². The van der Waals surface area contributed by atoms with Crippen LogP contribution in [0.5, 0.6) is 0 Å². The largest absolute Gasteiger partial charge is 0.463 e. The second kappa shape index (κ2) is 5.95. The second-order valence-electron chi connectivity index (χ2n) is 2.72. The minimum atomic E-state index is -5.21. The first-order chi connectivity index (χ1) is 7.69. The van der Waals surface area contributed by atoms with E-state index in [1.165, 1.54) is 19.2 Å². The van der Waals surface area contributed by atoms with Crippen molar-refractivity contribution in [1.29, 1.82) is 0 Å². The van der Waals surface area contributed by atoms with Crippen molar-refractivity contribution in [3.63, 3.8) is 0 Å². The topological polar surface area (TPSA) is 64.6 Å². The smallest absolute Gasteiger partial charge is 0.437 e. The Labute approximate surface area is 100 Å². The van der Waals surface area contributed by atoms with E-state index in [-0.39, 0.29) is 13.2 Å². The van der Waals surface area contributed by atoms with E-state index in [0.717, 1.165) is 0 Å². The first-order valence-corrected chi connectivity index (χ1v) is 4.94. The van der Waals surface area contributed by atoms with Gasteiger partial charge in [-0.25, -0.2) is 9.59 Å². The number of hydrogen-bond donors (Lipinski definition) is 1. The molecule has 0 radical (unpaired) electrons. The molecule has 0 aromatic heterocycles. The van der Waals surface area contributed by atoms with Gasteiger partial charge in [0, 0.05) is 0 Å². The van der Waals surface area contributed by atoms with Gasteiger partial charge in [0.25, 0.3) is 0 Å². The van der Waals surface area contributed by atoms with Crippen LogP contribution in [0.2, 0.25) is 0 Å². The van der Waals surface area contributed by atoms with E-state index in [1.807, 2.05) is 0 Å². The summed E-state index contributed by atoms with van der Waals surface area (Å²) in [4.78, 5) is 18.4. The molecule has 0 spiro atoms. The lowest BCUT2D eigenvalue weighted by Gasteiger charge is -2.27. The molecule has 1 N–H and O–H groups in total. The van der Waals surface area contributed by atoms with Crippen LogP contribution in [-0.2, 0) is 14.3 Å². The third-order valence-corrected chi connectivity index (χ3v) is 1.96. The fourth-order valence-electron chi connectivity index (χ4n) is 0.776. The maximum absolute atomic E-state index is 12.6. The first kappa shape index (κ1) is 15.8. The van der Waals surface area contributed by atoms with Crippen molar-refractivity contribution in [2.75, 3.05) is 13.2 Å². The van der Waals surface area contributed by atoms with Crippen LogP contribution in [0, 0.1) is 0 Å². The summed E-state index contributed by atoms with van der Waals surface area (Å²) in [7, 11) is 0. The highest BCUT2D eigenvalue weighted by Gasteiger charge is 2.62. The van der Waals surface area contributed by atoms with E-state index < -0.39 is 23.2 Å². The molecule has 0 fully saturated rings. The van der Waals surface area contributed by atoms with Crippen molar-refractivity contribution in [1.82, 2.24) is 5.32 Å². The number of alkyl carbamates (subject to hydrolysis) is 1. The Morgan fingerprint density at radius 3 is 2.00 bits per heavy atom. The number of ether oxygens (including phenoxy) is 2. The lowest BCUT2D eigenvalue weighted by molar-refractivity contribution is -0.192. The zero-order valence-electron chi connectivity index (χ0n) is 9.06. The molecule has 1 amide bonds. The van der Waals surface area contributed by atoms with Crippen molar-refractivity contribution >= 4 is 23.7 Å². The molecule has 0 aromatic carbocycles. The molecule has 100 valence electrons. The molecule has 17 heavy (non-hydrogen) atoms. The van der Waals surface area contributed by atoms with Gasteiger partial charge in [-0.3, -0.25) is 5.32 Å². The standard InChI is InChI=1S/C8H11ClF3NO4/c1-3-16-5(14)7(9,8(10,11)12)13-6(15)17-4-2/h3-4H2,1-2H3,(H,13,15)/t7-/m0/s1. The Morgan fingerprint density at radius 2 is 1.65 bits per heavy atom. The second-order valence-corrected chi connectivity index (χ2v) is 3.29. The summed E-state index contributed by atoms with van der Waals surface area (Å²) in [6.07, 6.45) is -6.68. The van der Waals surface area contributed by atoms with Crippen LogP contribution in [0.15, 0.2) is 0 Å². The fourth-order valence-corrected chi connectivity index (χ4v) is 0.908.